The average molecular weight is 465 g/mol. The van der Waals surface area contributed by atoms with Crippen LogP contribution in [-0.4, -0.2) is 34.9 Å². The van der Waals surface area contributed by atoms with Crippen molar-refractivity contribution >= 4 is 6.29 Å². The molecule has 0 saturated carbocycles. The fourth-order valence-corrected chi connectivity index (χ4v) is 4.70. The van der Waals surface area contributed by atoms with Crippen molar-refractivity contribution in [2.24, 2.45) is 11.7 Å². The van der Waals surface area contributed by atoms with E-state index in [0.29, 0.717) is 0 Å². The van der Waals surface area contributed by atoms with Gasteiger partial charge in [-0.25, -0.2) is 0 Å². The summed E-state index contributed by atoms with van der Waals surface area (Å²) in [5.41, 5.74) is 11.5. The first-order chi connectivity index (χ1) is 16.2. The zero-order valence-electron chi connectivity index (χ0n) is 21.3. The number of nitrogens with one attached hydrogen (secondary N) is 1. The number of benzene rings is 1. The second-order valence-corrected chi connectivity index (χ2v) is 10.1. The Balaban J connectivity index is 1.83. The fraction of sp³-hybridized carbons (Fsp3) is 0.500. The lowest BCUT2D eigenvalue weighted by molar-refractivity contribution is -0.111. The lowest BCUT2D eigenvalue weighted by Gasteiger charge is -2.30. The Bertz CT molecular complexity index is 1000. The standard InChI is InChI=1S/C28H40N4O2/c1-6-30-15-25(29)9-10-26(21(3)18-33)22-8-7-20(2)23(13-22)16-32-17-24-14-31-12-11-27(24)34-28(4,5)19-32/h7-8,11-15,18,21,26,30H,6,9-10,16-17,19,29H2,1-5H3/b25-15-. The molecular weight excluding hydrogens is 424 g/mol. The zero-order chi connectivity index (χ0) is 24.7. The van der Waals surface area contributed by atoms with Crippen LogP contribution in [0.4, 0.5) is 0 Å². The molecule has 2 unspecified atom stereocenters. The molecule has 6 nitrogen and oxygen atoms in total. The van der Waals surface area contributed by atoms with E-state index in [1.54, 1.807) is 6.20 Å². The Labute approximate surface area is 204 Å². The lowest BCUT2D eigenvalue weighted by atomic mass is 9.83. The van der Waals surface area contributed by atoms with Crippen LogP contribution in [0.5, 0.6) is 5.75 Å². The van der Waals surface area contributed by atoms with E-state index < -0.39 is 0 Å². The van der Waals surface area contributed by atoms with Crippen molar-refractivity contribution in [3.8, 4) is 5.75 Å². The van der Waals surface area contributed by atoms with E-state index in [-0.39, 0.29) is 17.4 Å². The van der Waals surface area contributed by atoms with Crippen LogP contribution in [0.3, 0.4) is 0 Å². The highest BCUT2D eigenvalue weighted by molar-refractivity contribution is 5.55. The van der Waals surface area contributed by atoms with Gasteiger partial charge in [0, 0.05) is 62.0 Å². The van der Waals surface area contributed by atoms with Gasteiger partial charge >= 0.3 is 0 Å². The largest absolute Gasteiger partial charge is 0.486 e. The molecule has 1 aromatic heterocycles. The molecule has 1 aromatic carbocycles. The van der Waals surface area contributed by atoms with Gasteiger partial charge in [-0.1, -0.05) is 25.1 Å². The average Bonchev–Trinajstić information content (AvgIpc) is 2.93. The van der Waals surface area contributed by atoms with Crippen molar-refractivity contribution < 1.29 is 9.53 Å². The third kappa shape index (κ3) is 6.83. The van der Waals surface area contributed by atoms with E-state index in [9.17, 15) is 4.79 Å². The zero-order valence-corrected chi connectivity index (χ0v) is 21.3. The molecule has 0 aliphatic carbocycles. The van der Waals surface area contributed by atoms with Crippen molar-refractivity contribution in [3.63, 3.8) is 0 Å². The van der Waals surface area contributed by atoms with Crippen LogP contribution in [0.1, 0.15) is 68.7 Å². The molecule has 0 saturated heterocycles. The van der Waals surface area contributed by atoms with Crippen molar-refractivity contribution in [2.75, 3.05) is 13.1 Å². The van der Waals surface area contributed by atoms with E-state index >= 15 is 0 Å². The Morgan fingerprint density at radius 2 is 2.15 bits per heavy atom. The summed E-state index contributed by atoms with van der Waals surface area (Å²) in [5.74, 6) is 0.960. The maximum Gasteiger partial charge on any atom is 0.127 e. The van der Waals surface area contributed by atoms with E-state index in [1.165, 1.54) is 16.7 Å². The molecule has 6 heteroatoms. The number of pyridine rings is 1. The van der Waals surface area contributed by atoms with Gasteiger partial charge in [-0.15, -0.1) is 0 Å². The first-order valence-electron chi connectivity index (χ1n) is 12.3. The van der Waals surface area contributed by atoms with Crippen LogP contribution in [0.2, 0.25) is 0 Å². The summed E-state index contributed by atoms with van der Waals surface area (Å²) < 4.78 is 6.29. The van der Waals surface area contributed by atoms with Crippen LogP contribution < -0.4 is 15.8 Å². The summed E-state index contributed by atoms with van der Waals surface area (Å²) in [6.45, 7) is 13.7. The second kappa shape index (κ2) is 11.5. The summed E-state index contributed by atoms with van der Waals surface area (Å²) in [7, 11) is 0. The summed E-state index contributed by atoms with van der Waals surface area (Å²) in [4.78, 5) is 18.5. The highest BCUT2D eigenvalue weighted by atomic mass is 16.5. The molecule has 2 heterocycles. The Morgan fingerprint density at radius 3 is 2.88 bits per heavy atom. The summed E-state index contributed by atoms with van der Waals surface area (Å²) >= 11 is 0. The Hall–Kier alpha value is -2.86. The summed E-state index contributed by atoms with van der Waals surface area (Å²) in [5, 5.41) is 3.16. The number of rotatable bonds is 10. The number of aromatic nitrogens is 1. The number of nitrogens with two attached hydrogens (primary N) is 1. The smallest absolute Gasteiger partial charge is 0.127 e. The van der Waals surface area contributed by atoms with E-state index in [0.717, 1.165) is 62.3 Å². The molecule has 0 bridgehead atoms. The van der Waals surface area contributed by atoms with Crippen LogP contribution in [0, 0.1) is 12.8 Å². The molecule has 2 atom stereocenters. The molecule has 2 aromatic rings. The second-order valence-electron chi connectivity index (χ2n) is 10.1. The van der Waals surface area contributed by atoms with Crippen LogP contribution in [-0.2, 0) is 17.9 Å². The number of carbonyl (C=O) groups is 1. The van der Waals surface area contributed by atoms with Gasteiger partial charge in [0.15, 0.2) is 0 Å². The van der Waals surface area contributed by atoms with Gasteiger partial charge in [0.2, 0.25) is 0 Å². The lowest BCUT2D eigenvalue weighted by Crippen LogP contribution is -2.40. The monoisotopic (exact) mass is 464 g/mol. The molecule has 3 rings (SSSR count). The number of ether oxygens (including phenoxy) is 1. The molecule has 1 aliphatic rings. The number of nitrogens with zero attached hydrogens (tertiary/aromatic N) is 2. The first kappa shape index (κ1) is 25.8. The van der Waals surface area contributed by atoms with Gasteiger partial charge in [0.1, 0.15) is 17.6 Å². The van der Waals surface area contributed by atoms with Gasteiger partial charge in [-0.2, -0.15) is 0 Å². The molecule has 0 amide bonds. The van der Waals surface area contributed by atoms with Gasteiger partial charge in [0.25, 0.3) is 0 Å². The minimum absolute atomic E-state index is 0.0778. The minimum Gasteiger partial charge on any atom is -0.486 e. The van der Waals surface area contributed by atoms with E-state index in [1.807, 2.05) is 32.3 Å². The third-order valence-electron chi connectivity index (χ3n) is 6.52. The third-order valence-corrected chi connectivity index (χ3v) is 6.52. The number of aryl methyl sites for hydroxylation is 1. The molecule has 34 heavy (non-hydrogen) atoms. The molecule has 0 fully saturated rings. The number of carbonyl (C=O) groups excluding carboxylic acids is 1. The van der Waals surface area contributed by atoms with E-state index in [2.05, 4.69) is 54.2 Å². The van der Waals surface area contributed by atoms with Crippen molar-refractivity contribution in [3.05, 3.63) is 70.8 Å². The maximum atomic E-state index is 11.7. The van der Waals surface area contributed by atoms with Gasteiger partial charge in [-0.3, -0.25) is 9.88 Å². The number of allylic oxidation sites excluding steroid dienone is 1. The first-order valence-corrected chi connectivity index (χ1v) is 12.3. The minimum atomic E-state index is -0.303. The fourth-order valence-electron chi connectivity index (χ4n) is 4.70. The molecule has 0 spiro atoms. The molecule has 0 radical (unpaired) electrons. The quantitative estimate of drug-likeness (QED) is 0.497. The van der Waals surface area contributed by atoms with Crippen LogP contribution >= 0.6 is 0 Å². The number of fused-ring (bicyclic) bond motifs is 1. The number of hydrogen-bond donors (Lipinski definition) is 2. The van der Waals surface area contributed by atoms with Crippen molar-refractivity contribution in [2.45, 2.75) is 72.1 Å². The molecule has 3 N–H and O–H groups in total. The topological polar surface area (TPSA) is 80.5 Å². The van der Waals surface area contributed by atoms with Crippen LogP contribution in [0.15, 0.2) is 48.6 Å². The van der Waals surface area contributed by atoms with E-state index in [4.69, 9.17) is 10.5 Å². The SMILES string of the molecule is CCN/C=C(\N)CCC(c1ccc(C)c(CN2Cc3cnccc3OC(C)(C)C2)c1)C(C)C=O. The molecular formula is C28H40N4O2. The summed E-state index contributed by atoms with van der Waals surface area (Å²) in [6.07, 6.45) is 8.21. The Morgan fingerprint density at radius 1 is 1.35 bits per heavy atom. The highest BCUT2D eigenvalue weighted by Crippen LogP contribution is 2.33. The predicted octanol–water partition coefficient (Wildman–Crippen LogP) is 4.67. The molecule has 1 aliphatic heterocycles. The van der Waals surface area contributed by atoms with Crippen LogP contribution in [0.25, 0.3) is 0 Å². The summed E-state index contributed by atoms with van der Waals surface area (Å²) in [6, 6.07) is 8.59. The van der Waals surface area contributed by atoms with Gasteiger partial charge in [0.05, 0.1) is 0 Å². The number of hydrogen-bond acceptors (Lipinski definition) is 6. The normalized spacial score (nSPS) is 17.7. The highest BCUT2D eigenvalue weighted by Gasteiger charge is 2.29. The van der Waals surface area contributed by atoms with Gasteiger partial charge < -0.3 is 20.6 Å². The van der Waals surface area contributed by atoms with Crippen molar-refractivity contribution in [1.82, 2.24) is 15.2 Å². The van der Waals surface area contributed by atoms with Crippen molar-refractivity contribution in [1.29, 1.82) is 0 Å². The predicted molar refractivity (Wildman–Crippen MR) is 137 cm³/mol. The molecule has 184 valence electrons. The maximum absolute atomic E-state index is 11.7. The van der Waals surface area contributed by atoms with Gasteiger partial charge in [-0.05, 0) is 69.2 Å². The Kier molecular flexibility index (Phi) is 8.72. The number of aldehydes is 1.